The maximum absolute atomic E-state index is 11.8. The summed E-state index contributed by atoms with van der Waals surface area (Å²) in [5.74, 6) is 0.431. The van der Waals surface area contributed by atoms with Crippen LogP contribution in [-0.2, 0) is 19.1 Å². The summed E-state index contributed by atoms with van der Waals surface area (Å²) in [7, 11) is 0. The molecule has 1 unspecified atom stereocenters. The molecule has 0 aliphatic rings. The van der Waals surface area contributed by atoms with E-state index in [9.17, 15) is 9.59 Å². The van der Waals surface area contributed by atoms with Crippen molar-refractivity contribution in [3.8, 4) is 0 Å². The summed E-state index contributed by atoms with van der Waals surface area (Å²) in [6, 6.07) is 0. The van der Waals surface area contributed by atoms with E-state index in [1.54, 1.807) is 0 Å². The number of hydrogen-bond donors (Lipinski definition) is 3. The third kappa shape index (κ3) is 14.8. The first kappa shape index (κ1) is 23.2. The first-order valence-electron chi connectivity index (χ1n) is 8.54. The smallest absolute Gasteiger partial charge is 0.246 e. The average molecular weight is 363 g/mol. The Balaban J connectivity index is 3.48. The van der Waals surface area contributed by atoms with Crippen molar-refractivity contribution in [3.63, 3.8) is 0 Å². The monoisotopic (exact) mass is 362 g/mol. The van der Waals surface area contributed by atoms with Crippen LogP contribution in [0.15, 0.2) is 0 Å². The van der Waals surface area contributed by atoms with Gasteiger partial charge in [-0.15, -0.1) is 0 Å². The van der Waals surface area contributed by atoms with E-state index in [2.05, 4.69) is 37.1 Å². The third-order valence-electron chi connectivity index (χ3n) is 3.14. The van der Waals surface area contributed by atoms with Crippen molar-refractivity contribution in [2.75, 3.05) is 39.5 Å². The molecule has 0 spiro atoms. The largest absolute Gasteiger partial charge is 0.377 e. The van der Waals surface area contributed by atoms with Crippen LogP contribution >= 0.6 is 12.6 Å². The highest BCUT2D eigenvalue weighted by atomic mass is 32.1. The van der Waals surface area contributed by atoms with Crippen molar-refractivity contribution in [3.05, 3.63) is 0 Å². The quantitative estimate of drug-likeness (QED) is 0.344. The second-order valence-electron chi connectivity index (χ2n) is 7.08. The van der Waals surface area contributed by atoms with E-state index in [4.69, 9.17) is 9.47 Å². The van der Waals surface area contributed by atoms with Gasteiger partial charge in [0.1, 0.15) is 6.61 Å². The predicted molar refractivity (Wildman–Crippen MR) is 99.3 cm³/mol. The van der Waals surface area contributed by atoms with Crippen LogP contribution in [0.25, 0.3) is 0 Å². The van der Waals surface area contributed by atoms with E-state index in [-0.39, 0.29) is 29.1 Å². The second kappa shape index (κ2) is 12.6. The van der Waals surface area contributed by atoms with Gasteiger partial charge in [-0.05, 0) is 26.2 Å². The first-order chi connectivity index (χ1) is 11.1. The van der Waals surface area contributed by atoms with Crippen LogP contribution < -0.4 is 10.6 Å². The van der Waals surface area contributed by atoms with Crippen LogP contribution in [-0.4, -0.2) is 56.1 Å². The lowest BCUT2D eigenvalue weighted by Crippen LogP contribution is -2.37. The number of thiol groups is 1. The van der Waals surface area contributed by atoms with Gasteiger partial charge in [0, 0.05) is 23.8 Å². The highest BCUT2D eigenvalue weighted by Crippen LogP contribution is 2.10. The van der Waals surface area contributed by atoms with Crippen molar-refractivity contribution < 1.29 is 19.1 Å². The summed E-state index contributed by atoms with van der Waals surface area (Å²) in [6.45, 7) is 12.1. The summed E-state index contributed by atoms with van der Waals surface area (Å²) < 4.78 is 10.3. The number of carbonyl (C=O) groups is 2. The SMILES string of the molecule is CC(C)CC(C)C(=O)NCCOCCOCC(=O)NCC(C)(C)S. The highest BCUT2D eigenvalue weighted by Gasteiger charge is 2.14. The summed E-state index contributed by atoms with van der Waals surface area (Å²) >= 11 is 4.32. The molecule has 0 aromatic carbocycles. The molecule has 6 nitrogen and oxygen atoms in total. The van der Waals surface area contributed by atoms with Crippen LogP contribution in [0, 0.1) is 11.8 Å². The number of rotatable bonds is 13. The van der Waals surface area contributed by atoms with Crippen LogP contribution in [0.5, 0.6) is 0 Å². The molecule has 2 N–H and O–H groups in total. The number of nitrogens with one attached hydrogen (secondary N) is 2. The second-order valence-corrected chi connectivity index (χ2v) is 8.29. The van der Waals surface area contributed by atoms with Gasteiger partial charge in [-0.3, -0.25) is 9.59 Å². The summed E-state index contributed by atoms with van der Waals surface area (Å²) in [5.41, 5.74) is 0. The molecule has 142 valence electrons. The lowest BCUT2D eigenvalue weighted by molar-refractivity contribution is -0.127. The van der Waals surface area contributed by atoms with Crippen molar-refractivity contribution >= 4 is 24.4 Å². The molecule has 0 bridgehead atoms. The van der Waals surface area contributed by atoms with E-state index in [0.29, 0.717) is 38.8 Å². The Morgan fingerprint density at radius 2 is 1.67 bits per heavy atom. The molecule has 1 atom stereocenters. The summed E-state index contributed by atoms with van der Waals surface area (Å²) in [5, 5.41) is 5.59. The molecule has 2 amide bonds. The number of amides is 2. The topological polar surface area (TPSA) is 76.7 Å². The molecular weight excluding hydrogens is 328 g/mol. The molecule has 24 heavy (non-hydrogen) atoms. The molecule has 0 aliphatic carbocycles. The molecule has 0 aliphatic heterocycles. The van der Waals surface area contributed by atoms with Gasteiger partial charge in [-0.25, -0.2) is 0 Å². The van der Waals surface area contributed by atoms with Gasteiger partial charge in [0.25, 0.3) is 0 Å². The molecule has 0 aromatic rings. The minimum atomic E-state index is -0.240. The van der Waals surface area contributed by atoms with E-state index in [1.165, 1.54) is 0 Å². The molecule has 0 saturated heterocycles. The predicted octanol–water partition coefficient (Wildman–Crippen LogP) is 1.64. The Kier molecular flexibility index (Phi) is 12.1. The van der Waals surface area contributed by atoms with Crippen LogP contribution in [0.4, 0.5) is 0 Å². The summed E-state index contributed by atoms with van der Waals surface area (Å²) in [6.07, 6.45) is 0.882. The molecule has 0 saturated carbocycles. The molecule has 0 heterocycles. The van der Waals surface area contributed by atoms with Gasteiger partial charge in [0.2, 0.25) is 11.8 Å². The maximum atomic E-state index is 11.8. The van der Waals surface area contributed by atoms with Gasteiger partial charge in [-0.1, -0.05) is 20.8 Å². The fourth-order valence-electron chi connectivity index (χ4n) is 1.99. The van der Waals surface area contributed by atoms with Crippen molar-refractivity contribution in [1.29, 1.82) is 0 Å². The minimum absolute atomic E-state index is 0.0106. The minimum Gasteiger partial charge on any atom is -0.377 e. The van der Waals surface area contributed by atoms with Crippen molar-refractivity contribution in [2.24, 2.45) is 11.8 Å². The van der Waals surface area contributed by atoms with Crippen LogP contribution in [0.2, 0.25) is 0 Å². The molecule has 0 radical (unpaired) electrons. The molecule has 7 heteroatoms. The zero-order valence-corrected chi connectivity index (χ0v) is 16.6. The Bertz CT molecular complexity index is 370. The van der Waals surface area contributed by atoms with Crippen LogP contribution in [0.1, 0.15) is 41.0 Å². The van der Waals surface area contributed by atoms with Gasteiger partial charge >= 0.3 is 0 Å². The Morgan fingerprint density at radius 3 is 2.25 bits per heavy atom. The van der Waals surface area contributed by atoms with Crippen LogP contribution in [0.3, 0.4) is 0 Å². The maximum Gasteiger partial charge on any atom is 0.246 e. The molecular formula is C17H34N2O4S. The standard InChI is InChI=1S/C17H34N2O4S/c1-13(2)10-14(3)16(21)18-6-7-22-8-9-23-11-15(20)19-12-17(4,5)24/h13-14,24H,6-12H2,1-5H3,(H,18,21)(H,19,20). The number of ether oxygens (including phenoxy) is 2. The zero-order chi connectivity index (χ0) is 18.6. The lowest BCUT2D eigenvalue weighted by atomic mass is 9.98. The van der Waals surface area contributed by atoms with Gasteiger partial charge in [-0.2, -0.15) is 12.6 Å². The van der Waals surface area contributed by atoms with Crippen molar-refractivity contribution in [1.82, 2.24) is 10.6 Å². The van der Waals surface area contributed by atoms with E-state index in [1.807, 2.05) is 20.8 Å². The normalized spacial score (nSPS) is 13.0. The fraction of sp³-hybridized carbons (Fsp3) is 0.882. The zero-order valence-electron chi connectivity index (χ0n) is 15.7. The molecule has 0 aromatic heterocycles. The average Bonchev–Trinajstić information content (AvgIpc) is 2.46. The van der Waals surface area contributed by atoms with E-state index < -0.39 is 0 Å². The first-order valence-corrected chi connectivity index (χ1v) is 8.99. The lowest BCUT2D eigenvalue weighted by Gasteiger charge is -2.17. The van der Waals surface area contributed by atoms with Gasteiger partial charge in [0.15, 0.2) is 0 Å². The van der Waals surface area contributed by atoms with E-state index in [0.717, 1.165) is 6.42 Å². The molecule has 0 rings (SSSR count). The fourth-order valence-corrected chi connectivity index (χ4v) is 2.06. The van der Waals surface area contributed by atoms with Gasteiger partial charge in [0.05, 0.1) is 19.8 Å². The Morgan fingerprint density at radius 1 is 1.04 bits per heavy atom. The number of carbonyl (C=O) groups excluding carboxylic acids is 2. The van der Waals surface area contributed by atoms with Crippen molar-refractivity contribution in [2.45, 2.75) is 45.8 Å². The third-order valence-corrected chi connectivity index (χ3v) is 3.30. The number of hydrogen-bond acceptors (Lipinski definition) is 5. The summed E-state index contributed by atoms with van der Waals surface area (Å²) in [4.78, 5) is 23.3. The highest BCUT2D eigenvalue weighted by molar-refractivity contribution is 7.81. The Labute approximate surface area is 151 Å². The molecule has 0 fully saturated rings. The van der Waals surface area contributed by atoms with E-state index >= 15 is 0 Å². The van der Waals surface area contributed by atoms with Gasteiger partial charge < -0.3 is 20.1 Å². The Hall–Kier alpha value is -0.790.